The number of furan rings is 1. The van der Waals surface area contributed by atoms with Gasteiger partial charge in [0.15, 0.2) is 12.0 Å². The predicted octanol–water partition coefficient (Wildman–Crippen LogP) is 1.76. The minimum atomic E-state index is 0.431. The minimum absolute atomic E-state index is 0.431. The van der Waals surface area contributed by atoms with Crippen LogP contribution in [0.2, 0.25) is 0 Å². The van der Waals surface area contributed by atoms with E-state index < -0.39 is 0 Å². The predicted molar refractivity (Wildman–Crippen MR) is 68.6 cm³/mol. The number of aldehydes is 1. The van der Waals surface area contributed by atoms with Gasteiger partial charge in [0, 0.05) is 19.1 Å². The topological polar surface area (TPSA) is 36.7 Å². The van der Waals surface area contributed by atoms with E-state index in [2.05, 4.69) is 9.80 Å². The number of hydrogen-bond acceptors (Lipinski definition) is 4. The lowest BCUT2D eigenvalue weighted by atomic mass is 10.2. The van der Waals surface area contributed by atoms with Crippen molar-refractivity contribution in [2.24, 2.45) is 0 Å². The van der Waals surface area contributed by atoms with Crippen LogP contribution in [0, 0.1) is 0 Å². The summed E-state index contributed by atoms with van der Waals surface area (Å²) >= 11 is 0. The molecule has 0 N–H and O–H groups in total. The number of rotatable bonds is 4. The van der Waals surface area contributed by atoms with Crippen molar-refractivity contribution in [2.75, 3.05) is 26.2 Å². The molecule has 4 nitrogen and oxygen atoms in total. The summed E-state index contributed by atoms with van der Waals surface area (Å²) in [6.45, 7) is 5.65. The molecule has 4 heteroatoms. The molecule has 0 aliphatic carbocycles. The van der Waals surface area contributed by atoms with Crippen molar-refractivity contribution in [2.45, 2.75) is 31.8 Å². The molecule has 2 saturated heterocycles. The molecule has 2 aliphatic rings. The normalized spacial score (nSPS) is 25.9. The Labute approximate surface area is 108 Å². The summed E-state index contributed by atoms with van der Waals surface area (Å²) < 4.78 is 5.43. The molecule has 3 heterocycles. The highest BCUT2D eigenvalue weighted by Gasteiger charge is 2.29. The van der Waals surface area contributed by atoms with Gasteiger partial charge < -0.3 is 4.42 Å². The highest BCUT2D eigenvalue weighted by atomic mass is 16.3. The van der Waals surface area contributed by atoms with Gasteiger partial charge in [-0.1, -0.05) is 0 Å². The van der Waals surface area contributed by atoms with E-state index in [-0.39, 0.29) is 0 Å². The van der Waals surface area contributed by atoms with Gasteiger partial charge in [-0.3, -0.25) is 14.6 Å². The number of hydrogen-bond donors (Lipinski definition) is 0. The second-order valence-electron chi connectivity index (χ2n) is 5.34. The van der Waals surface area contributed by atoms with Gasteiger partial charge in [0.2, 0.25) is 0 Å². The molecular weight excluding hydrogens is 228 g/mol. The number of nitrogens with zero attached hydrogens (tertiary/aromatic N) is 2. The Morgan fingerprint density at radius 2 is 2.11 bits per heavy atom. The monoisotopic (exact) mass is 248 g/mol. The average Bonchev–Trinajstić information content (AvgIpc) is 3.10. The molecule has 1 atom stereocenters. The smallest absolute Gasteiger partial charge is 0.185 e. The van der Waals surface area contributed by atoms with E-state index in [0.717, 1.165) is 37.7 Å². The maximum absolute atomic E-state index is 10.6. The standard InChI is InChI=1S/C14H20N2O2/c17-11-14-4-3-13(18-14)10-15-8-5-12(9-15)16-6-1-2-7-16/h3-4,11-12H,1-2,5-10H2. The lowest BCUT2D eigenvalue weighted by Crippen LogP contribution is -2.35. The molecule has 1 aromatic heterocycles. The molecule has 0 radical (unpaired) electrons. The Morgan fingerprint density at radius 1 is 1.28 bits per heavy atom. The molecule has 3 rings (SSSR count). The van der Waals surface area contributed by atoms with Crippen LogP contribution in [-0.2, 0) is 6.54 Å². The van der Waals surface area contributed by atoms with Gasteiger partial charge in [0.05, 0.1) is 6.54 Å². The number of carbonyl (C=O) groups excluding carboxylic acids is 1. The van der Waals surface area contributed by atoms with Crippen molar-refractivity contribution in [3.63, 3.8) is 0 Å². The first-order valence-electron chi connectivity index (χ1n) is 6.85. The Balaban J connectivity index is 1.53. The fourth-order valence-corrected chi connectivity index (χ4v) is 3.12. The van der Waals surface area contributed by atoms with Crippen molar-refractivity contribution in [3.8, 4) is 0 Å². The van der Waals surface area contributed by atoms with Gasteiger partial charge in [-0.05, 0) is 44.5 Å². The quantitative estimate of drug-likeness (QED) is 0.761. The van der Waals surface area contributed by atoms with Crippen LogP contribution in [0.15, 0.2) is 16.5 Å². The first kappa shape index (κ1) is 11.9. The summed E-state index contributed by atoms with van der Waals surface area (Å²) in [6.07, 6.45) is 4.75. The lowest BCUT2D eigenvalue weighted by molar-refractivity contribution is 0.109. The van der Waals surface area contributed by atoms with Crippen LogP contribution in [-0.4, -0.2) is 48.3 Å². The van der Waals surface area contributed by atoms with Crippen LogP contribution < -0.4 is 0 Å². The maximum atomic E-state index is 10.6. The molecule has 1 aromatic rings. The van der Waals surface area contributed by atoms with Gasteiger partial charge in [0.1, 0.15) is 5.76 Å². The molecular formula is C14H20N2O2. The second kappa shape index (κ2) is 5.24. The second-order valence-corrected chi connectivity index (χ2v) is 5.34. The molecule has 0 amide bonds. The van der Waals surface area contributed by atoms with Gasteiger partial charge in [0.25, 0.3) is 0 Å². The van der Waals surface area contributed by atoms with Gasteiger partial charge in [-0.2, -0.15) is 0 Å². The Hall–Kier alpha value is -1.13. The van der Waals surface area contributed by atoms with Crippen molar-refractivity contribution in [1.82, 2.24) is 9.80 Å². The number of carbonyl (C=O) groups is 1. The summed E-state index contributed by atoms with van der Waals surface area (Å²) in [5.74, 6) is 1.33. The maximum Gasteiger partial charge on any atom is 0.185 e. The highest BCUT2D eigenvalue weighted by Crippen LogP contribution is 2.22. The largest absolute Gasteiger partial charge is 0.457 e. The first-order chi connectivity index (χ1) is 8.85. The number of likely N-dealkylation sites (tertiary alicyclic amines) is 2. The van der Waals surface area contributed by atoms with Crippen LogP contribution in [0.4, 0.5) is 0 Å². The highest BCUT2D eigenvalue weighted by molar-refractivity contribution is 5.70. The summed E-state index contributed by atoms with van der Waals surface area (Å²) in [5.41, 5.74) is 0. The third-order valence-corrected chi connectivity index (χ3v) is 4.08. The molecule has 98 valence electrons. The fraction of sp³-hybridized carbons (Fsp3) is 0.643. The summed E-state index contributed by atoms with van der Waals surface area (Å²) in [7, 11) is 0. The van der Waals surface area contributed by atoms with Gasteiger partial charge in [-0.15, -0.1) is 0 Å². The van der Waals surface area contributed by atoms with Gasteiger partial charge in [-0.25, -0.2) is 0 Å². The van der Waals surface area contributed by atoms with Crippen LogP contribution in [0.25, 0.3) is 0 Å². The third kappa shape index (κ3) is 2.49. The minimum Gasteiger partial charge on any atom is -0.457 e. The summed E-state index contributed by atoms with van der Waals surface area (Å²) in [4.78, 5) is 15.6. The molecule has 2 fully saturated rings. The van der Waals surface area contributed by atoms with Crippen LogP contribution in [0.5, 0.6) is 0 Å². The van der Waals surface area contributed by atoms with E-state index in [0.29, 0.717) is 5.76 Å². The zero-order chi connectivity index (χ0) is 12.4. The van der Waals surface area contributed by atoms with E-state index in [1.165, 1.54) is 32.4 Å². The molecule has 0 bridgehead atoms. The van der Waals surface area contributed by atoms with Crippen molar-refractivity contribution in [3.05, 3.63) is 23.7 Å². The van der Waals surface area contributed by atoms with Crippen LogP contribution >= 0.6 is 0 Å². The molecule has 0 saturated carbocycles. The van der Waals surface area contributed by atoms with Crippen LogP contribution in [0.3, 0.4) is 0 Å². The lowest BCUT2D eigenvalue weighted by Gasteiger charge is -2.23. The van der Waals surface area contributed by atoms with E-state index in [1.54, 1.807) is 6.07 Å². The van der Waals surface area contributed by atoms with Crippen molar-refractivity contribution in [1.29, 1.82) is 0 Å². The molecule has 18 heavy (non-hydrogen) atoms. The molecule has 1 unspecified atom stereocenters. The van der Waals surface area contributed by atoms with E-state index >= 15 is 0 Å². The van der Waals surface area contributed by atoms with E-state index in [1.807, 2.05) is 6.07 Å². The average molecular weight is 248 g/mol. The van der Waals surface area contributed by atoms with Gasteiger partial charge >= 0.3 is 0 Å². The first-order valence-corrected chi connectivity index (χ1v) is 6.85. The Morgan fingerprint density at radius 3 is 2.83 bits per heavy atom. The van der Waals surface area contributed by atoms with E-state index in [9.17, 15) is 4.79 Å². The SMILES string of the molecule is O=Cc1ccc(CN2CCC(N3CCCC3)C2)o1. The fourth-order valence-electron chi connectivity index (χ4n) is 3.12. The molecule has 0 aromatic carbocycles. The van der Waals surface area contributed by atoms with Crippen molar-refractivity contribution < 1.29 is 9.21 Å². The summed E-state index contributed by atoms with van der Waals surface area (Å²) in [5, 5.41) is 0. The Kier molecular flexibility index (Phi) is 3.48. The summed E-state index contributed by atoms with van der Waals surface area (Å²) in [6, 6.07) is 4.39. The Bertz CT molecular complexity index is 410. The molecule has 2 aliphatic heterocycles. The molecule has 0 spiro atoms. The zero-order valence-corrected chi connectivity index (χ0v) is 10.7. The van der Waals surface area contributed by atoms with E-state index in [4.69, 9.17) is 4.42 Å². The zero-order valence-electron chi connectivity index (χ0n) is 10.7. The van der Waals surface area contributed by atoms with Crippen LogP contribution in [0.1, 0.15) is 35.6 Å². The van der Waals surface area contributed by atoms with Crippen molar-refractivity contribution >= 4 is 6.29 Å². The third-order valence-electron chi connectivity index (χ3n) is 4.08.